The van der Waals surface area contributed by atoms with Gasteiger partial charge in [-0.2, -0.15) is 13.8 Å². The molecule has 0 spiro atoms. The standard InChI is InChI=1S/C23H28F4N6O2/c1-3-15-10-32(12(2)11-34-15)19-6-16(14-5-17(35-21(24)25)20(28)29-8-14)30-22(31-19)33-9-13-4-18(33)23(26,27)7-13/h5-6,8,12-13,15,18,21H,3-4,7,9-11H2,1-2H3,(H2,28,29)/t12-,13?,15-,18?/m0/s1. The van der Waals surface area contributed by atoms with Crippen LogP contribution in [0.25, 0.3) is 11.3 Å². The molecule has 2 bridgehead atoms. The first-order valence-corrected chi connectivity index (χ1v) is 11.8. The number of alkyl halides is 4. The molecule has 2 aromatic heterocycles. The van der Waals surface area contributed by atoms with Crippen molar-refractivity contribution >= 4 is 17.6 Å². The summed E-state index contributed by atoms with van der Waals surface area (Å²) in [4.78, 5) is 16.9. The number of hydrogen-bond acceptors (Lipinski definition) is 8. The zero-order valence-electron chi connectivity index (χ0n) is 19.5. The summed E-state index contributed by atoms with van der Waals surface area (Å²) in [5.74, 6) is -2.67. The number of morpholine rings is 1. The van der Waals surface area contributed by atoms with E-state index in [4.69, 9.17) is 15.5 Å². The van der Waals surface area contributed by atoms with E-state index in [1.807, 2.05) is 13.8 Å². The maximum atomic E-state index is 14.6. The number of nitrogens with two attached hydrogens (primary N) is 1. The molecule has 3 aliphatic rings. The van der Waals surface area contributed by atoms with Gasteiger partial charge in [0.2, 0.25) is 5.95 Å². The van der Waals surface area contributed by atoms with Crippen LogP contribution in [0.5, 0.6) is 5.75 Å². The number of aromatic nitrogens is 3. The number of anilines is 3. The van der Waals surface area contributed by atoms with Gasteiger partial charge in [0.25, 0.3) is 5.92 Å². The summed E-state index contributed by atoms with van der Waals surface area (Å²) in [6, 6.07) is 2.06. The number of halogens is 4. The van der Waals surface area contributed by atoms with E-state index >= 15 is 0 Å². The number of piperidine rings is 1. The quantitative estimate of drug-likeness (QED) is 0.602. The van der Waals surface area contributed by atoms with Gasteiger partial charge in [-0.1, -0.05) is 6.92 Å². The average Bonchev–Trinajstić information content (AvgIpc) is 3.37. The van der Waals surface area contributed by atoms with Crippen LogP contribution in [0.3, 0.4) is 0 Å². The topological polar surface area (TPSA) is 89.6 Å². The lowest BCUT2D eigenvalue weighted by Crippen LogP contribution is -2.49. The molecule has 1 aliphatic carbocycles. The molecule has 5 rings (SSSR count). The zero-order valence-corrected chi connectivity index (χ0v) is 19.5. The van der Waals surface area contributed by atoms with E-state index in [9.17, 15) is 17.6 Å². The fourth-order valence-corrected chi connectivity index (χ4v) is 5.23. The maximum Gasteiger partial charge on any atom is 0.387 e. The molecule has 12 heteroatoms. The molecule has 0 amide bonds. The minimum Gasteiger partial charge on any atom is -0.431 e. The Balaban J connectivity index is 1.58. The van der Waals surface area contributed by atoms with Crippen LogP contribution in [-0.2, 0) is 4.74 Å². The SMILES string of the molecule is CC[C@H]1CN(c2cc(-c3cnc(N)c(OC(F)F)c3)nc(N3CC4CC3C(F)(F)C4)n2)[C@@H](C)CO1. The Morgan fingerprint density at radius 3 is 2.71 bits per heavy atom. The van der Waals surface area contributed by atoms with Crippen LogP contribution < -0.4 is 20.3 Å². The van der Waals surface area contributed by atoms with Crippen LogP contribution in [0.15, 0.2) is 18.3 Å². The average molecular weight is 497 g/mol. The van der Waals surface area contributed by atoms with Gasteiger partial charge in [-0.05, 0) is 31.7 Å². The summed E-state index contributed by atoms with van der Waals surface area (Å²) in [5, 5.41) is 0. The fraction of sp³-hybridized carbons (Fsp3) is 0.609. The van der Waals surface area contributed by atoms with E-state index < -0.39 is 18.6 Å². The Hall–Kier alpha value is -2.89. The number of fused-ring (bicyclic) bond motifs is 2. The molecule has 2 saturated heterocycles. The molecule has 0 radical (unpaired) electrons. The molecule has 8 nitrogen and oxygen atoms in total. The molecular formula is C23H28F4N6O2. The van der Waals surface area contributed by atoms with E-state index in [1.54, 1.807) is 11.0 Å². The lowest BCUT2D eigenvalue weighted by Gasteiger charge is -2.39. The molecule has 4 heterocycles. The molecule has 190 valence electrons. The molecule has 3 fully saturated rings. The molecule has 2 N–H and O–H groups in total. The Bertz CT molecular complexity index is 1090. The first-order valence-electron chi connectivity index (χ1n) is 11.8. The first-order chi connectivity index (χ1) is 16.6. The molecular weight excluding hydrogens is 468 g/mol. The van der Waals surface area contributed by atoms with Crippen LogP contribution in [0.1, 0.15) is 33.1 Å². The maximum absolute atomic E-state index is 14.6. The predicted molar refractivity (Wildman–Crippen MR) is 122 cm³/mol. The van der Waals surface area contributed by atoms with Crippen LogP contribution in [0.4, 0.5) is 35.1 Å². The van der Waals surface area contributed by atoms with E-state index in [-0.39, 0.29) is 42.0 Å². The molecule has 4 atom stereocenters. The van der Waals surface area contributed by atoms with E-state index in [2.05, 4.69) is 19.6 Å². The Morgan fingerprint density at radius 1 is 1.23 bits per heavy atom. The van der Waals surface area contributed by atoms with Gasteiger partial charge in [-0.3, -0.25) is 0 Å². The summed E-state index contributed by atoms with van der Waals surface area (Å²) < 4.78 is 65.3. The van der Waals surface area contributed by atoms with Gasteiger partial charge in [0.15, 0.2) is 11.6 Å². The summed E-state index contributed by atoms with van der Waals surface area (Å²) in [7, 11) is 0. The Morgan fingerprint density at radius 2 is 2.03 bits per heavy atom. The second kappa shape index (κ2) is 8.96. The highest BCUT2D eigenvalue weighted by molar-refractivity contribution is 5.68. The molecule has 2 aliphatic heterocycles. The Kier molecular flexibility index (Phi) is 6.10. The van der Waals surface area contributed by atoms with Gasteiger partial charge in [-0.25, -0.2) is 18.7 Å². The molecule has 35 heavy (non-hydrogen) atoms. The summed E-state index contributed by atoms with van der Waals surface area (Å²) in [6.07, 6.45) is 2.47. The van der Waals surface area contributed by atoms with Crippen molar-refractivity contribution in [2.24, 2.45) is 5.92 Å². The van der Waals surface area contributed by atoms with Crippen molar-refractivity contribution in [1.82, 2.24) is 15.0 Å². The number of nitrogen functional groups attached to an aromatic ring is 1. The van der Waals surface area contributed by atoms with Crippen LogP contribution in [0.2, 0.25) is 0 Å². The number of nitrogens with zero attached hydrogens (tertiary/aromatic N) is 5. The highest BCUT2D eigenvalue weighted by Crippen LogP contribution is 2.49. The van der Waals surface area contributed by atoms with Crippen LogP contribution in [0, 0.1) is 5.92 Å². The summed E-state index contributed by atoms with van der Waals surface area (Å²) >= 11 is 0. The van der Waals surface area contributed by atoms with Crippen molar-refractivity contribution in [1.29, 1.82) is 0 Å². The predicted octanol–water partition coefficient (Wildman–Crippen LogP) is 3.96. The van der Waals surface area contributed by atoms with E-state index in [0.29, 0.717) is 43.2 Å². The lowest BCUT2D eigenvalue weighted by atomic mass is 10.1. The number of ether oxygens (including phenoxy) is 2. The van der Waals surface area contributed by atoms with Crippen molar-refractivity contribution in [3.8, 4) is 17.0 Å². The van der Waals surface area contributed by atoms with Gasteiger partial charge in [0.1, 0.15) is 5.82 Å². The normalized spacial score (nSPS) is 27.6. The van der Waals surface area contributed by atoms with E-state index in [0.717, 1.165) is 6.42 Å². The van der Waals surface area contributed by atoms with Crippen molar-refractivity contribution in [2.45, 2.75) is 63.8 Å². The highest BCUT2D eigenvalue weighted by atomic mass is 19.3. The number of rotatable bonds is 6. The first kappa shape index (κ1) is 23.8. The molecule has 2 unspecified atom stereocenters. The smallest absolute Gasteiger partial charge is 0.387 e. The minimum atomic E-state index is -3.08. The largest absolute Gasteiger partial charge is 0.431 e. The number of pyridine rings is 1. The van der Waals surface area contributed by atoms with Crippen LogP contribution in [-0.4, -0.2) is 65.4 Å². The van der Waals surface area contributed by atoms with Crippen molar-refractivity contribution < 1.29 is 27.0 Å². The van der Waals surface area contributed by atoms with Gasteiger partial charge in [0, 0.05) is 37.3 Å². The zero-order chi connectivity index (χ0) is 24.9. The van der Waals surface area contributed by atoms with Crippen LogP contribution >= 0.6 is 0 Å². The molecule has 2 aromatic rings. The van der Waals surface area contributed by atoms with Gasteiger partial charge in [-0.15, -0.1) is 0 Å². The highest BCUT2D eigenvalue weighted by Gasteiger charge is 2.57. The minimum absolute atomic E-state index is 0.00410. The van der Waals surface area contributed by atoms with Crippen molar-refractivity contribution in [3.63, 3.8) is 0 Å². The second-order valence-corrected chi connectivity index (χ2v) is 9.50. The monoisotopic (exact) mass is 496 g/mol. The third-order valence-corrected chi connectivity index (χ3v) is 7.04. The summed E-state index contributed by atoms with van der Waals surface area (Å²) in [6.45, 7) is 2.47. The lowest BCUT2D eigenvalue weighted by molar-refractivity contribution is -0.0494. The molecule has 1 saturated carbocycles. The second-order valence-electron chi connectivity index (χ2n) is 9.50. The Labute approximate surface area is 200 Å². The third-order valence-electron chi connectivity index (χ3n) is 7.04. The van der Waals surface area contributed by atoms with E-state index in [1.165, 1.54) is 12.3 Å². The third kappa shape index (κ3) is 4.55. The molecule has 0 aromatic carbocycles. The fourth-order valence-electron chi connectivity index (χ4n) is 5.23. The number of hydrogen-bond donors (Lipinski definition) is 1. The van der Waals surface area contributed by atoms with Gasteiger partial charge >= 0.3 is 6.61 Å². The van der Waals surface area contributed by atoms with Gasteiger partial charge in [0.05, 0.1) is 30.5 Å². The van der Waals surface area contributed by atoms with Gasteiger partial charge < -0.3 is 25.0 Å². The summed E-state index contributed by atoms with van der Waals surface area (Å²) in [5.41, 5.74) is 6.42. The van der Waals surface area contributed by atoms with Crippen molar-refractivity contribution in [2.75, 3.05) is 35.2 Å². The van der Waals surface area contributed by atoms with Crippen molar-refractivity contribution in [3.05, 3.63) is 18.3 Å².